The highest BCUT2D eigenvalue weighted by Crippen LogP contribution is 1.98. The van der Waals surface area contributed by atoms with E-state index in [1.165, 1.54) is 0 Å². The van der Waals surface area contributed by atoms with Gasteiger partial charge in [0, 0.05) is 0 Å². The minimum Gasteiger partial charge on any atom is -0.394 e. The van der Waals surface area contributed by atoms with Crippen molar-refractivity contribution in [3.63, 3.8) is 0 Å². The third-order valence-electron chi connectivity index (χ3n) is 1.15. The van der Waals surface area contributed by atoms with Gasteiger partial charge in [-0.2, -0.15) is 0 Å². The Balaban J connectivity index is 3.69. The van der Waals surface area contributed by atoms with Gasteiger partial charge in [0.2, 0.25) is 0 Å². The van der Waals surface area contributed by atoms with Crippen molar-refractivity contribution in [2.75, 3.05) is 13.2 Å². The quantitative estimate of drug-likeness (QED) is 0.356. The molecule has 0 aliphatic heterocycles. The minimum absolute atomic E-state index is 0.668. The van der Waals surface area contributed by atoms with Crippen molar-refractivity contribution in [3.05, 3.63) is 0 Å². The first-order valence-corrected chi connectivity index (χ1v) is 2.86. The van der Waals surface area contributed by atoms with Crippen LogP contribution in [0.3, 0.4) is 0 Å². The van der Waals surface area contributed by atoms with Crippen molar-refractivity contribution >= 4 is 0 Å². The van der Waals surface area contributed by atoms with Crippen molar-refractivity contribution in [1.29, 1.82) is 0 Å². The maximum Gasteiger partial charge on any atom is 0.111 e. The van der Waals surface area contributed by atoms with E-state index in [2.05, 4.69) is 0 Å². The number of hydrogen-bond donors (Lipinski definition) is 4. The third kappa shape index (κ3) is 2.59. The van der Waals surface area contributed by atoms with Gasteiger partial charge in [-0.15, -0.1) is 0 Å². The summed E-state index contributed by atoms with van der Waals surface area (Å²) in [6, 6.07) is 0. The van der Waals surface area contributed by atoms with Gasteiger partial charge in [-0.3, -0.25) is 0 Å². The zero-order chi connectivity index (χ0) is 8.15. The van der Waals surface area contributed by atoms with Crippen LogP contribution in [0, 0.1) is 0 Å². The Morgan fingerprint density at radius 1 is 1.10 bits per heavy atom. The fourth-order valence-corrected chi connectivity index (χ4v) is 0.463. The number of hydrogen-bond acceptors (Lipinski definition) is 4. The third-order valence-corrected chi connectivity index (χ3v) is 1.15. The SMILES string of the molecule is [O]C[C@H](O)[C@H](O)[C@H](O)CO. The first-order valence-electron chi connectivity index (χ1n) is 2.86. The predicted molar refractivity (Wildman–Crippen MR) is 30.7 cm³/mol. The van der Waals surface area contributed by atoms with Crippen molar-refractivity contribution in [2.45, 2.75) is 18.3 Å². The maximum atomic E-state index is 9.89. The van der Waals surface area contributed by atoms with E-state index in [0.29, 0.717) is 0 Å². The molecule has 10 heavy (non-hydrogen) atoms. The summed E-state index contributed by atoms with van der Waals surface area (Å²) in [7, 11) is 0. The molecule has 0 aliphatic rings. The highest BCUT2D eigenvalue weighted by Gasteiger charge is 2.23. The molecule has 0 rings (SSSR count). The van der Waals surface area contributed by atoms with Crippen molar-refractivity contribution in [1.82, 2.24) is 0 Å². The van der Waals surface area contributed by atoms with Gasteiger partial charge < -0.3 is 20.4 Å². The summed E-state index contributed by atoms with van der Waals surface area (Å²) in [6.45, 7) is -1.56. The van der Waals surface area contributed by atoms with E-state index >= 15 is 0 Å². The van der Waals surface area contributed by atoms with Crippen LogP contribution in [-0.4, -0.2) is 52.0 Å². The topological polar surface area (TPSA) is 101 Å². The lowest BCUT2D eigenvalue weighted by Crippen LogP contribution is -2.41. The van der Waals surface area contributed by atoms with E-state index in [1.54, 1.807) is 0 Å². The predicted octanol–water partition coefficient (Wildman–Crippen LogP) is -2.51. The van der Waals surface area contributed by atoms with Gasteiger partial charge in [0.25, 0.3) is 0 Å². The Labute approximate surface area is 58.2 Å². The van der Waals surface area contributed by atoms with Crippen LogP contribution in [-0.2, 0) is 5.11 Å². The van der Waals surface area contributed by atoms with Crippen LogP contribution >= 0.6 is 0 Å². The van der Waals surface area contributed by atoms with Crippen molar-refractivity contribution < 1.29 is 25.5 Å². The maximum absolute atomic E-state index is 9.89. The summed E-state index contributed by atoms with van der Waals surface area (Å²) in [6.07, 6.45) is -4.51. The average Bonchev–Trinajstić information content (AvgIpc) is 2.00. The number of aliphatic hydroxyl groups excluding tert-OH is 4. The Hall–Kier alpha value is -0.200. The zero-order valence-electron chi connectivity index (χ0n) is 5.34. The Morgan fingerprint density at radius 2 is 1.60 bits per heavy atom. The first-order chi connectivity index (χ1) is 4.63. The van der Waals surface area contributed by atoms with Crippen LogP contribution in [0.2, 0.25) is 0 Å². The van der Waals surface area contributed by atoms with Gasteiger partial charge in [-0.05, 0) is 0 Å². The highest BCUT2D eigenvalue weighted by molar-refractivity contribution is 4.73. The normalized spacial score (nSPS) is 20.1. The molecule has 0 aromatic rings. The van der Waals surface area contributed by atoms with Crippen molar-refractivity contribution in [2.24, 2.45) is 0 Å². The monoisotopic (exact) mass is 151 g/mol. The molecule has 5 nitrogen and oxygen atoms in total. The second kappa shape index (κ2) is 4.59. The average molecular weight is 151 g/mol. The molecule has 0 aliphatic carbocycles. The van der Waals surface area contributed by atoms with Gasteiger partial charge in [0.05, 0.1) is 6.61 Å². The molecule has 0 amide bonds. The summed E-state index contributed by atoms with van der Waals surface area (Å²) < 4.78 is 0. The number of rotatable bonds is 4. The van der Waals surface area contributed by atoms with Crippen LogP contribution in [0.5, 0.6) is 0 Å². The smallest absolute Gasteiger partial charge is 0.111 e. The minimum atomic E-state index is -1.55. The highest BCUT2D eigenvalue weighted by atomic mass is 16.4. The standard InChI is InChI=1S/C5H11O5/c6-1-3(8)5(10)4(9)2-7/h3-6,8-10H,1-2H2/t3-,4+,5-/m1/s1. The van der Waals surface area contributed by atoms with Gasteiger partial charge in [0.15, 0.2) is 0 Å². The van der Waals surface area contributed by atoms with E-state index < -0.39 is 31.5 Å². The lowest BCUT2D eigenvalue weighted by atomic mass is 10.1. The number of aliphatic hydroxyl groups is 4. The molecule has 0 spiro atoms. The van der Waals surface area contributed by atoms with E-state index in [0.717, 1.165) is 0 Å². The molecule has 61 valence electrons. The summed E-state index contributed by atoms with van der Waals surface area (Å²) in [4.78, 5) is 0. The molecular formula is C5H11O5. The van der Waals surface area contributed by atoms with Gasteiger partial charge in [-0.1, -0.05) is 0 Å². The van der Waals surface area contributed by atoms with Crippen LogP contribution in [0.4, 0.5) is 0 Å². The molecule has 0 heterocycles. The first kappa shape index (κ1) is 9.80. The molecule has 1 radical (unpaired) electrons. The van der Waals surface area contributed by atoms with E-state index in [9.17, 15) is 5.11 Å². The summed E-state index contributed by atoms with van der Waals surface area (Å²) in [5.74, 6) is 0. The molecule has 0 fully saturated rings. The second-order valence-corrected chi connectivity index (χ2v) is 1.97. The molecular weight excluding hydrogens is 140 g/mol. The Bertz CT molecular complexity index is 76.1. The Kier molecular flexibility index (Phi) is 4.50. The van der Waals surface area contributed by atoms with Gasteiger partial charge >= 0.3 is 0 Å². The lowest BCUT2D eigenvalue weighted by molar-refractivity contribution is -0.0981. The molecule has 0 aromatic carbocycles. The van der Waals surface area contributed by atoms with E-state index in [-0.39, 0.29) is 0 Å². The Morgan fingerprint density at radius 3 is 1.90 bits per heavy atom. The lowest BCUT2D eigenvalue weighted by Gasteiger charge is -2.18. The zero-order valence-corrected chi connectivity index (χ0v) is 5.34. The molecule has 0 aromatic heterocycles. The molecule has 0 unspecified atom stereocenters. The molecule has 3 atom stereocenters. The summed E-state index contributed by atoms with van der Waals surface area (Å²) in [5.41, 5.74) is 0. The van der Waals surface area contributed by atoms with Crippen LogP contribution < -0.4 is 0 Å². The van der Waals surface area contributed by atoms with Crippen LogP contribution in [0.15, 0.2) is 0 Å². The van der Waals surface area contributed by atoms with Gasteiger partial charge in [-0.25, -0.2) is 5.11 Å². The van der Waals surface area contributed by atoms with Crippen LogP contribution in [0.1, 0.15) is 0 Å². The molecule has 0 bridgehead atoms. The fourth-order valence-electron chi connectivity index (χ4n) is 0.463. The molecule has 5 heteroatoms. The fraction of sp³-hybridized carbons (Fsp3) is 1.00. The molecule has 0 saturated carbocycles. The van der Waals surface area contributed by atoms with Gasteiger partial charge in [0.1, 0.15) is 24.9 Å². The summed E-state index contributed by atoms with van der Waals surface area (Å²) in [5, 5.41) is 44.1. The van der Waals surface area contributed by atoms with Crippen molar-refractivity contribution in [3.8, 4) is 0 Å². The van der Waals surface area contributed by atoms with E-state index in [1.807, 2.05) is 0 Å². The summed E-state index contributed by atoms with van der Waals surface area (Å²) >= 11 is 0. The molecule has 4 N–H and O–H groups in total. The molecule has 0 saturated heterocycles. The second-order valence-electron chi connectivity index (χ2n) is 1.97. The van der Waals surface area contributed by atoms with E-state index in [4.69, 9.17) is 20.4 Å². The van der Waals surface area contributed by atoms with Crippen LogP contribution in [0.25, 0.3) is 0 Å². The largest absolute Gasteiger partial charge is 0.394 e.